The van der Waals surface area contributed by atoms with Gasteiger partial charge in [0.15, 0.2) is 42.1 Å². The minimum Gasteiger partial charge on any atom is -0.372 e. The Hall–Kier alpha value is -0.0600. The standard InChI is InChI=1S/C44H78NO11P3/c1-15-29-20(6)21(7)34(45-57)44(49-29)54-36-23(9)24(10)41(50-31(36)17-3)53-35-22(8)25(11)42(51-30(35)16-2)55-38-33(19-5)52-43(27(13)40(38)59-47)56-37-32(18-4)48-28(14)26(12)39(37)58-46/h20-44,57H,15-19H2,1-14H3/t20-,21-,22+,23+,24?,25?,26?,27?,28-,29?,30?,31?,32?,33?,34?,35-,36-,37+,38+,39+,40+,41-,42-,43-,44-/m0/s1/i46-1,47-4. The van der Waals surface area contributed by atoms with Crippen LogP contribution in [0.5, 0.6) is 0 Å². The van der Waals surface area contributed by atoms with Crippen LogP contribution in [-0.4, -0.2) is 105 Å². The zero-order chi connectivity index (χ0) is 44.2. The summed E-state index contributed by atoms with van der Waals surface area (Å²) in [6, 6.07) is -0.220. The van der Waals surface area contributed by atoms with Crippen LogP contribution in [0.2, 0.25) is 0 Å². The van der Waals surface area contributed by atoms with E-state index in [0.717, 1.165) is 19.3 Å². The summed E-state index contributed by atoms with van der Waals surface area (Å²) >= 11 is 0. The fourth-order valence-electron chi connectivity index (χ4n) is 10.3. The van der Waals surface area contributed by atoms with Gasteiger partial charge in [-0.05, 0) is 77.6 Å². The van der Waals surface area contributed by atoms with Crippen LogP contribution in [0.3, 0.4) is 0 Å². The highest BCUT2D eigenvalue weighted by Gasteiger charge is 2.54. The molecule has 5 aliphatic rings. The van der Waals surface area contributed by atoms with Crippen LogP contribution in [-0.2, 0) is 51.8 Å². The first-order valence-electron chi connectivity index (χ1n) is 23.5. The van der Waals surface area contributed by atoms with E-state index in [4.69, 9.17) is 43.9 Å². The second-order valence-electron chi connectivity index (χ2n) is 18.7. The molecule has 0 aromatic heterocycles. The zero-order valence-corrected chi connectivity index (χ0v) is 40.9. The van der Waals surface area contributed by atoms with E-state index >= 15 is 0 Å². The minimum absolute atomic E-state index is 0.0133. The van der Waals surface area contributed by atoms with Crippen molar-refractivity contribution in [2.24, 2.45) is 52.1 Å². The first kappa shape index (κ1) is 48.4. The van der Waals surface area contributed by atoms with Crippen LogP contribution in [0.4, 0.5) is 0 Å². The van der Waals surface area contributed by atoms with E-state index in [-0.39, 0.29) is 122 Å². The molecule has 15 heteroatoms. The molecule has 0 aromatic rings. The van der Waals surface area contributed by atoms with Crippen LogP contribution in [0.25, 0.3) is 0 Å². The summed E-state index contributed by atoms with van der Waals surface area (Å²) in [7, 11) is 0.211. The molecule has 12 nitrogen and oxygen atoms in total. The molecule has 5 rings (SSSR count). The second kappa shape index (κ2) is 22.2. The molecule has 0 bridgehead atoms. The molecular formula is C44H78NO11P3. The summed E-state index contributed by atoms with van der Waals surface area (Å²) in [6.45, 7) is 29.7. The van der Waals surface area contributed by atoms with Crippen molar-refractivity contribution in [1.29, 1.82) is 1.28 Å². The fraction of sp³-hybridized carbons (Fsp3) is 1.00. The summed E-state index contributed by atoms with van der Waals surface area (Å²) in [5, 5.41) is 0. The highest BCUT2D eigenvalue weighted by Crippen LogP contribution is 2.46. The van der Waals surface area contributed by atoms with Crippen molar-refractivity contribution in [2.75, 3.05) is 0 Å². The number of ether oxygens (including phenoxy) is 9. The van der Waals surface area contributed by atoms with Gasteiger partial charge in [0, 0.05) is 17.8 Å². The Labute approximate surface area is 362 Å². The highest BCUT2D eigenvalue weighted by atomic mass is 31.1. The molecule has 0 N–H and O–H groups in total. The molecule has 0 saturated carbocycles. The van der Waals surface area contributed by atoms with E-state index in [1.807, 2.05) is 20.8 Å². The predicted octanol–water partition coefficient (Wildman–Crippen LogP) is 10.4. The number of rotatable bonds is 16. The largest absolute Gasteiger partial charge is 0.372 e. The normalized spacial score (nSPS) is 51.6. The van der Waals surface area contributed by atoms with E-state index in [2.05, 4.69) is 80.9 Å². The highest BCUT2D eigenvalue weighted by molar-refractivity contribution is 7.25. The van der Waals surface area contributed by atoms with Crippen LogP contribution >= 0.6 is 25.9 Å². The maximum atomic E-state index is 13.1. The van der Waals surface area contributed by atoms with Gasteiger partial charge in [-0.25, -0.2) is 0 Å². The van der Waals surface area contributed by atoms with Crippen molar-refractivity contribution in [3.63, 3.8) is 0 Å². The summed E-state index contributed by atoms with van der Waals surface area (Å²) in [5.41, 5.74) is -0.647. The van der Waals surface area contributed by atoms with Crippen molar-refractivity contribution in [3.8, 4) is 0 Å². The van der Waals surface area contributed by atoms with Gasteiger partial charge >= 0.3 is 0 Å². The van der Waals surface area contributed by atoms with Gasteiger partial charge in [0.2, 0.25) is 0 Å². The molecule has 5 aliphatic heterocycles. The third-order valence-electron chi connectivity index (χ3n) is 15.4. The quantitative estimate of drug-likeness (QED) is 0.137. The van der Waals surface area contributed by atoms with E-state index in [9.17, 15) is 9.13 Å². The van der Waals surface area contributed by atoms with Gasteiger partial charge in [-0.3, -0.25) is 13.9 Å². The van der Waals surface area contributed by atoms with Gasteiger partial charge < -0.3 is 42.6 Å². The van der Waals surface area contributed by atoms with Crippen molar-refractivity contribution >= 4 is 25.9 Å². The zero-order valence-electron chi connectivity index (χ0n) is 39.2. The molecule has 25 atom stereocenters. The smallest absolute Gasteiger partial charge is 0.181 e. The van der Waals surface area contributed by atoms with Crippen molar-refractivity contribution in [1.82, 2.24) is 0 Å². The summed E-state index contributed by atoms with van der Waals surface area (Å²) in [5.74, 6) is 0.413. The second-order valence-corrected chi connectivity index (χ2v) is 20.5. The molecular weight excluding hydrogens is 806 g/mol. The molecule has 0 radical (unpaired) electrons. The lowest BCUT2D eigenvalue weighted by Gasteiger charge is -2.52. The summed E-state index contributed by atoms with van der Waals surface area (Å²) in [4.78, 5) is 0. The number of hydrogen-bond donors (Lipinski definition) is 0. The minimum atomic E-state index is -0.662. The van der Waals surface area contributed by atoms with E-state index in [0.29, 0.717) is 18.8 Å². The molecule has 0 spiro atoms. The van der Waals surface area contributed by atoms with Gasteiger partial charge in [-0.15, -0.1) is 0 Å². The molecule has 5 heterocycles. The monoisotopic (exact) mass is 888 g/mol. The van der Waals surface area contributed by atoms with Gasteiger partial charge in [0.05, 0.1) is 60.1 Å². The van der Waals surface area contributed by atoms with E-state index < -0.39 is 49.1 Å². The topological polar surface area (TPSA) is 130 Å². The fourth-order valence-corrected chi connectivity index (χ4v) is 12.2. The molecule has 10 unspecified atom stereocenters. The summed E-state index contributed by atoms with van der Waals surface area (Å²) in [6.07, 6.45) is -0.973. The van der Waals surface area contributed by atoms with Crippen LogP contribution in [0.1, 0.15) is 129 Å². The number of nitrogens with zero attached hydrogens (tertiary/aromatic N) is 1. The molecule has 0 amide bonds. The molecule has 0 aliphatic carbocycles. The van der Waals surface area contributed by atoms with Crippen LogP contribution < -0.4 is 0 Å². The third kappa shape index (κ3) is 10.4. The lowest BCUT2D eigenvalue weighted by atomic mass is 9.80. The molecule has 340 valence electrons. The SMILES string of the molecule is [4H]/P=N\C1[C@H](O[C@@H]2C(CC)O[C@@H](O[C@@H]3C(CC)O[C@@H](O[C@@H]4C(CC)O[C@@H](O[C@@H]5C(CC)O[C@@H](C)C(C)[C@H]5P=[15O])C(C)[C@H]4P=[12O])C(C)[C@H]3C)C(C)[C@H]2C)OC(CC)[C@@H](C)[C@@H]1C. The average Bonchev–Trinajstić information content (AvgIpc) is 3.24. The first-order chi connectivity index (χ1) is 28.6. The van der Waals surface area contributed by atoms with E-state index in [1.165, 1.54) is 0 Å². The van der Waals surface area contributed by atoms with Gasteiger partial charge in [-0.1, -0.05) is 90.0 Å². The molecule has 5 fully saturated rings. The first-order valence-corrected chi connectivity index (χ1v) is 25.2. The predicted molar refractivity (Wildman–Crippen MR) is 231 cm³/mol. The lowest BCUT2D eigenvalue weighted by molar-refractivity contribution is -0.355. The third-order valence-corrected chi connectivity index (χ3v) is 17.6. The Bertz CT molecular complexity index is 1390. The molecule has 0 aromatic carbocycles. The van der Waals surface area contributed by atoms with Crippen LogP contribution in [0, 0.1) is 47.3 Å². The molecule has 5 saturated heterocycles. The van der Waals surface area contributed by atoms with Crippen molar-refractivity contribution in [2.45, 2.75) is 233 Å². The van der Waals surface area contributed by atoms with Gasteiger partial charge in [0.1, 0.15) is 19.5 Å². The Balaban J connectivity index is 1.26. The Morgan fingerprint density at radius 2 is 0.915 bits per heavy atom. The molecule has 59 heavy (non-hydrogen) atoms. The Morgan fingerprint density at radius 1 is 0.508 bits per heavy atom. The van der Waals surface area contributed by atoms with Crippen molar-refractivity contribution < 1.29 is 51.8 Å². The average molecular weight is 888 g/mol. The maximum Gasteiger partial charge on any atom is 0.181 e. The van der Waals surface area contributed by atoms with Gasteiger partial charge in [0.25, 0.3) is 0 Å². The Kier molecular flexibility index (Phi) is 18.2. The summed E-state index contributed by atoms with van der Waals surface area (Å²) < 4.78 is 98.7. The van der Waals surface area contributed by atoms with Gasteiger partial charge in [-0.2, -0.15) is 0 Å². The number of hydrogen-bond acceptors (Lipinski definition) is 12. The van der Waals surface area contributed by atoms with Crippen LogP contribution in [0.15, 0.2) is 4.74 Å². The Morgan fingerprint density at radius 3 is 1.37 bits per heavy atom. The van der Waals surface area contributed by atoms with E-state index in [1.54, 1.807) is 0 Å². The van der Waals surface area contributed by atoms with Crippen molar-refractivity contribution in [3.05, 3.63) is 0 Å². The lowest BCUT2D eigenvalue weighted by Crippen LogP contribution is -2.60. The maximum absolute atomic E-state index is 13.1.